The highest BCUT2D eigenvalue weighted by Gasteiger charge is 2.13. The molecule has 1 aromatic heterocycles. The van der Waals surface area contributed by atoms with Gasteiger partial charge in [-0.3, -0.25) is 0 Å². The maximum absolute atomic E-state index is 5.38. The van der Waals surface area contributed by atoms with Crippen LogP contribution in [0, 0.1) is 6.92 Å². The van der Waals surface area contributed by atoms with Crippen molar-refractivity contribution in [3.05, 3.63) is 83.2 Å². The van der Waals surface area contributed by atoms with Gasteiger partial charge in [0.2, 0.25) is 5.95 Å². The van der Waals surface area contributed by atoms with Gasteiger partial charge in [-0.15, -0.1) is 0 Å². The van der Waals surface area contributed by atoms with Gasteiger partial charge in [0.1, 0.15) is 5.75 Å². The summed E-state index contributed by atoms with van der Waals surface area (Å²) in [6.07, 6.45) is 0.867. The quantitative estimate of drug-likeness (QED) is 0.645. The van der Waals surface area contributed by atoms with Crippen LogP contribution in [-0.2, 0) is 13.0 Å². The molecule has 28 heavy (non-hydrogen) atoms. The smallest absolute Gasteiger partial charge is 0.225 e. The minimum atomic E-state index is 0.173. The van der Waals surface area contributed by atoms with E-state index in [1.807, 2.05) is 50.2 Å². The first-order chi connectivity index (χ1) is 13.5. The van der Waals surface area contributed by atoms with E-state index < -0.39 is 0 Å². The lowest BCUT2D eigenvalue weighted by Crippen LogP contribution is -2.24. The first-order valence-electron chi connectivity index (χ1n) is 9.48. The first-order valence-corrected chi connectivity index (χ1v) is 9.48. The lowest BCUT2D eigenvalue weighted by molar-refractivity contribution is 0.413. The third-order valence-corrected chi connectivity index (χ3v) is 4.60. The molecular weight excluding hydrogens is 348 g/mol. The lowest BCUT2D eigenvalue weighted by atomic mass is 9.98. The molecular formula is C23H28N4O. The maximum atomic E-state index is 5.38. The number of methoxy groups -OCH3 is 1. The average Bonchev–Trinajstić information content (AvgIpc) is 2.71. The van der Waals surface area contributed by atoms with Crippen molar-refractivity contribution in [2.75, 3.05) is 26.1 Å². The van der Waals surface area contributed by atoms with E-state index in [0.717, 1.165) is 29.5 Å². The molecule has 0 spiro atoms. The van der Waals surface area contributed by atoms with E-state index in [4.69, 9.17) is 4.74 Å². The molecule has 146 valence electrons. The molecule has 0 bridgehead atoms. The molecule has 3 rings (SSSR count). The number of rotatable bonds is 8. The van der Waals surface area contributed by atoms with Gasteiger partial charge in [0.05, 0.1) is 12.8 Å². The number of aromatic nitrogens is 2. The van der Waals surface area contributed by atoms with Crippen molar-refractivity contribution in [1.82, 2.24) is 15.3 Å². The predicted octanol–water partition coefficient (Wildman–Crippen LogP) is 3.93. The highest BCUT2D eigenvalue weighted by molar-refractivity contribution is 5.32. The van der Waals surface area contributed by atoms with Crippen LogP contribution >= 0.6 is 0 Å². The van der Waals surface area contributed by atoms with Crippen LogP contribution in [0.4, 0.5) is 5.95 Å². The normalized spacial score (nSPS) is 11.9. The van der Waals surface area contributed by atoms with Crippen molar-refractivity contribution in [2.24, 2.45) is 0 Å². The largest absolute Gasteiger partial charge is 0.497 e. The third-order valence-electron chi connectivity index (χ3n) is 4.60. The second kappa shape index (κ2) is 9.33. The Labute approximate surface area is 167 Å². The molecule has 0 amide bonds. The molecule has 1 N–H and O–H groups in total. The Morgan fingerprint density at radius 1 is 1.00 bits per heavy atom. The average molecular weight is 377 g/mol. The van der Waals surface area contributed by atoms with Gasteiger partial charge < -0.3 is 15.0 Å². The topological polar surface area (TPSA) is 50.3 Å². The zero-order chi connectivity index (χ0) is 19.9. The standard InChI is InChI=1S/C23H28N4O/c1-17-13-20(26-23(25-17)27(2)3)16-24-22(19-10-6-5-7-11-19)15-18-9-8-12-21(14-18)28-4/h5-14,22,24H,15-16H2,1-4H3/t22-/m1/s1. The molecule has 0 aliphatic heterocycles. The number of ether oxygens (including phenoxy) is 1. The summed E-state index contributed by atoms with van der Waals surface area (Å²) in [5, 5.41) is 3.68. The monoisotopic (exact) mass is 376 g/mol. The van der Waals surface area contributed by atoms with Gasteiger partial charge >= 0.3 is 0 Å². The molecule has 0 aliphatic rings. The van der Waals surface area contributed by atoms with E-state index >= 15 is 0 Å². The van der Waals surface area contributed by atoms with Gasteiger partial charge in [-0.25, -0.2) is 9.97 Å². The number of nitrogens with one attached hydrogen (secondary N) is 1. The van der Waals surface area contributed by atoms with Crippen molar-refractivity contribution in [2.45, 2.75) is 25.9 Å². The number of anilines is 1. The number of hydrogen-bond donors (Lipinski definition) is 1. The fraction of sp³-hybridized carbons (Fsp3) is 0.304. The fourth-order valence-corrected chi connectivity index (χ4v) is 3.16. The number of benzene rings is 2. The summed E-state index contributed by atoms with van der Waals surface area (Å²) in [4.78, 5) is 11.1. The Morgan fingerprint density at radius 3 is 2.50 bits per heavy atom. The van der Waals surface area contributed by atoms with Crippen LogP contribution in [0.5, 0.6) is 5.75 Å². The summed E-state index contributed by atoms with van der Waals surface area (Å²) < 4.78 is 5.38. The number of nitrogens with zero attached hydrogens (tertiary/aromatic N) is 3. The van der Waals surface area contributed by atoms with Crippen LogP contribution in [0.15, 0.2) is 60.7 Å². The second-order valence-corrected chi connectivity index (χ2v) is 7.09. The van der Waals surface area contributed by atoms with Crippen LogP contribution in [0.25, 0.3) is 0 Å². The predicted molar refractivity (Wildman–Crippen MR) is 114 cm³/mol. The zero-order valence-electron chi connectivity index (χ0n) is 17.0. The Hall–Kier alpha value is -2.92. The van der Waals surface area contributed by atoms with Crippen LogP contribution in [0.3, 0.4) is 0 Å². The Balaban J connectivity index is 1.80. The van der Waals surface area contributed by atoms with Crippen LogP contribution in [-0.4, -0.2) is 31.2 Å². The summed E-state index contributed by atoms with van der Waals surface area (Å²) >= 11 is 0. The molecule has 0 saturated carbocycles. The highest BCUT2D eigenvalue weighted by atomic mass is 16.5. The van der Waals surface area contributed by atoms with Crippen molar-refractivity contribution in [3.8, 4) is 5.75 Å². The second-order valence-electron chi connectivity index (χ2n) is 7.09. The third kappa shape index (κ3) is 5.30. The molecule has 5 heteroatoms. The van der Waals surface area contributed by atoms with Gasteiger partial charge in [0.15, 0.2) is 0 Å². The van der Waals surface area contributed by atoms with Gasteiger partial charge in [0.25, 0.3) is 0 Å². The summed E-state index contributed by atoms with van der Waals surface area (Å²) in [6.45, 7) is 2.68. The van der Waals surface area contributed by atoms with Gasteiger partial charge in [-0.2, -0.15) is 0 Å². The Morgan fingerprint density at radius 2 is 1.79 bits per heavy atom. The van der Waals surface area contributed by atoms with Crippen molar-refractivity contribution >= 4 is 5.95 Å². The molecule has 0 fully saturated rings. The van der Waals surface area contributed by atoms with E-state index in [1.54, 1.807) is 7.11 Å². The molecule has 1 heterocycles. The molecule has 0 saturated heterocycles. The highest BCUT2D eigenvalue weighted by Crippen LogP contribution is 2.22. The van der Waals surface area contributed by atoms with Crippen LogP contribution < -0.4 is 15.0 Å². The Bertz CT molecular complexity index is 896. The van der Waals surface area contributed by atoms with Gasteiger partial charge in [0, 0.05) is 32.4 Å². The van der Waals surface area contributed by atoms with Crippen molar-refractivity contribution in [1.29, 1.82) is 0 Å². The number of hydrogen-bond acceptors (Lipinski definition) is 5. The van der Waals surface area contributed by atoms with Crippen LogP contribution in [0.2, 0.25) is 0 Å². The maximum Gasteiger partial charge on any atom is 0.225 e. The summed E-state index contributed by atoms with van der Waals surface area (Å²) in [7, 11) is 5.62. The van der Waals surface area contributed by atoms with E-state index in [-0.39, 0.29) is 6.04 Å². The van der Waals surface area contributed by atoms with Crippen molar-refractivity contribution in [3.63, 3.8) is 0 Å². The SMILES string of the molecule is COc1cccc(C[C@@H](NCc2cc(C)nc(N(C)C)n2)c2ccccc2)c1. The molecule has 0 unspecified atom stereocenters. The molecule has 1 atom stereocenters. The van der Waals surface area contributed by atoms with E-state index in [1.165, 1.54) is 11.1 Å². The van der Waals surface area contributed by atoms with E-state index in [0.29, 0.717) is 6.54 Å². The van der Waals surface area contributed by atoms with Crippen molar-refractivity contribution < 1.29 is 4.74 Å². The molecule has 0 aliphatic carbocycles. The molecule has 3 aromatic rings. The molecule has 5 nitrogen and oxygen atoms in total. The summed E-state index contributed by atoms with van der Waals surface area (Å²) in [5.41, 5.74) is 4.44. The fourth-order valence-electron chi connectivity index (χ4n) is 3.16. The van der Waals surface area contributed by atoms with Gasteiger partial charge in [-0.05, 0) is 42.7 Å². The first kappa shape index (κ1) is 19.8. The summed E-state index contributed by atoms with van der Waals surface area (Å²) in [5.74, 6) is 1.62. The van der Waals surface area contributed by atoms with Gasteiger partial charge in [-0.1, -0.05) is 42.5 Å². The van der Waals surface area contributed by atoms with E-state index in [9.17, 15) is 0 Å². The van der Waals surface area contributed by atoms with Crippen LogP contribution in [0.1, 0.15) is 28.6 Å². The Kier molecular flexibility index (Phi) is 6.61. The minimum Gasteiger partial charge on any atom is -0.497 e. The molecule has 0 radical (unpaired) electrons. The molecule has 2 aromatic carbocycles. The zero-order valence-corrected chi connectivity index (χ0v) is 17.0. The lowest BCUT2D eigenvalue weighted by Gasteiger charge is -2.20. The number of aryl methyl sites for hydroxylation is 1. The minimum absolute atomic E-state index is 0.173. The van der Waals surface area contributed by atoms with E-state index in [2.05, 4.69) is 51.7 Å². The summed E-state index contributed by atoms with van der Waals surface area (Å²) in [6, 6.07) is 21.0.